The largest absolute Gasteiger partial charge is 0.347 e. The minimum absolute atomic E-state index is 0.171. The molecule has 1 N–H and O–H groups in total. The summed E-state index contributed by atoms with van der Waals surface area (Å²) in [6, 6.07) is 9.81. The van der Waals surface area contributed by atoms with Crippen LogP contribution in [-0.2, 0) is 6.54 Å². The Morgan fingerprint density at radius 1 is 1.00 bits per heavy atom. The van der Waals surface area contributed by atoms with Crippen molar-refractivity contribution < 1.29 is 4.79 Å². The molecule has 4 nitrogen and oxygen atoms in total. The molecule has 0 radical (unpaired) electrons. The molecule has 1 heterocycles. The molecule has 0 aliphatic heterocycles. The average Bonchev–Trinajstić information content (AvgIpc) is 2.58. The first-order valence-corrected chi connectivity index (χ1v) is 8.84. The third-order valence-corrected chi connectivity index (χ3v) is 4.74. The van der Waals surface area contributed by atoms with Crippen molar-refractivity contribution in [2.45, 2.75) is 41.2 Å². The van der Waals surface area contributed by atoms with Crippen LogP contribution in [0.1, 0.15) is 39.5 Å². The molecule has 4 heteroatoms. The zero-order chi connectivity index (χ0) is 19.0. The van der Waals surface area contributed by atoms with E-state index in [1.165, 1.54) is 0 Å². The summed E-state index contributed by atoms with van der Waals surface area (Å²) in [6.07, 6.45) is 1.66. The van der Waals surface area contributed by atoms with Crippen molar-refractivity contribution in [3.8, 4) is 0 Å². The van der Waals surface area contributed by atoms with Crippen LogP contribution in [0.2, 0.25) is 0 Å². The van der Waals surface area contributed by atoms with Gasteiger partial charge >= 0.3 is 0 Å². The minimum atomic E-state index is -0.365. The maximum absolute atomic E-state index is 12.9. The third kappa shape index (κ3) is 3.15. The topological polar surface area (TPSA) is 51.1 Å². The van der Waals surface area contributed by atoms with Gasteiger partial charge in [0.05, 0.1) is 5.52 Å². The highest BCUT2D eigenvalue weighted by Gasteiger charge is 2.17. The first kappa shape index (κ1) is 17.9. The second-order valence-corrected chi connectivity index (χ2v) is 6.91. The number of carbonyl (C=O) groups excluding carboxylic acids is 1. The normalized spacial score (nSPS) is 11.0. The number of aryl methyl sites for hydroxylation is 5. The van der Waals surface area contributed by atoms with Crippen molar-refractivity contribution in [1.29, 1.82) is 0 Å². The van der Waals surface area contributed by atoms with Crippen molar-refractivity contribution >= 4 is 22.5 Å². The highest BCUT2D eigenvalue weighted by atomic mass is 16.2. The SMILES string of the molecule is CCn1cc(C(=O)Nc2c(C)cc(C)cc2C)c(=O)c2cc(C)ccc21. The summed E-state index contributed by atoms with van der Waals surface area (Å²) in [4.78, 5) is 25.8. The monoisotopic (exact) mass is 348 g/mol. The lowest BCUT2D eigenvalue weighted by molar-refractivity contribution is 0.102. The number of hydrogen-bond acceptors (Lipinski definition) is 2. The maximum Gasteiger partial charge on any atom is 0.261 e. The van der Waals surface area contributed by atoms with Crippen LogP contribution in [0.25, 0.3) is 10.9 Å². The molecule has 0 unspecified atom stereocenters. The lowest BCUT2D eigenvalue weighted by atomic mass is 10.0. The molecule has 3 rings (SSSR count). The van der Waals surface area contributed by atoms with E-state index in [4.69, 9.17) is 0 Å². The van der Waals surface area contributed by atoms with E-state index in [1.807, 2.05) is 69.5 Å². The van der Waals surface area contributed by atoms with Crippen molar-refractivity contribution in [2.24, 2.45) is 0 Å². The van der Waals surface area contributed by atoms with Crippen molar-refractivity contribution in [3.05, 3.63) is 74.6 Å². The van der Waals surface area contributed by atoms with Crippen LogP contribution in [0.3, 0.4) is 0 Å². The Kier molecular flexibility index (Phi) is 4.68. The number of nitrogens with zero attached hydrogens (tertiary/aromatic N) is 1. The molecule has 2 aromatic carbocycles. The number of rotatable bonds is 3. The van der Waals surface area contributed by atoms with Gasteiger partial charge in [-0.15, -0.1) is 0 Å². The van der Waals surface area contributed by atoms with Crippen LogP contribution in [-0.4, -0.2) is 10.5 Å². The quantitative estimate of drug-likeness (QED) is 0.757. The molecule has 0 spiro atoms. The summed E-state index contributed by atoms with van der Waals surface area (Å²) < 4.78 is 1.94. The fraction of sp³-hybridized carbons (Fsp3) is 0.273. The molecule has 0 saturated carbocycles. The predicted molar refractivity (Wildman–Crippen MR) is 107 cm³/mol. The van der Waals surface area contributed by atoms with Gasteiger partial charge in [0.2, 0.25) is 5.43 Å². The maximum atomic E-state index is 12.9. The van der Waals surface area contributed by atoms with E-state index < -0.39 is 0 Å². The number of hydrogen-bond donors (Lipinski definition) is 1. The Bertz CT molecular complexity index is 1050. The summed E-state index contributed by atoms with van der Waals surface area (Å²) in [5.74, 6) is -0.365. The van der Waals surface area contributed by atoms with Gasteiger partial charge in [0.25, 0.3) is 5.91 Å². The van der Waals surface area contributed by atoms with Gasteiger partial charge in [-0.2, -0.15) is 0 Å². The summed E-state index contributed by atoms with van der Waals surface area (Å²) in [5, 5.41) is 3.52. The number of anilines is 1. The Hall–Kier alpha value is -2.88. The van der Waals surface area contributed by atoms with Gasteiger partial charge in [0.15, 0.2) is 0 Å². The predicted octanol–water partition coefficient (Wildman–Crippen LogP) is 4.51. The number of pyridine rings is 1. The standard InChI is InChI=1S/C22H24N2O2/c1-6-24-12-18(21(25)17-11-13(2)7-8-19(17)24)22(26)23-20-15(4)9-14(3)10-16(20)5/h7-12H,6H2,1-5H3,(H,23,26). The highest BCUT2D eigenvalue weighted by Crippen LogP contribution is 2.23. The van der Waals surface area contributed by atoms with E-state index in [1.54, 1.807) is 6.20 Å². The van der Waals surface area contributed by atoms with Gasteiger partial charge in [0, 0.05) is 23.8 Å². The van der Waals surface area contributed by atoms with Crippen LogP contribution in [0.4, 0.5) is 5.69 Å². The van der Waals surface area contributed by atoms with Crippen LogP contribution >= 0.6 is 0 Å². The summed E-state index contributed by atoms with van der Waals surface area (Å²) >= 11 is 0. The van der Waals surface area contributed by atoms with Gasteiger partial charge in [0.1, 0.15) is 5.56 Å². The van der Waals surface area contributed by atoms with Gasteiger partial charge in [-0.05, 0) is 57.9 Å². The second-order valence-electron chi connectivity index (χ2n) is 6.91. The minimum Gasteiger partial charge on any atom is -0.347 e. The van der Waals surface area contributed by atoms with E-state index in [0.717, 1.165) is 33.5 Å². The Labute approximate surface area is 153 Å². The molecule has 1 amide bonds. The number of amides is 1. The van der Waals surface area contributed by atoms with E-state index in [2.05, 4.69) is 5.32 Å². The van der Waals surface area contributed by atoms with Crippen LogP contribution in [0, 0.1) is 27.7 Å². The smallest absolute Gasteiger partial charge is 0.261 e. The molecule has 3 aromatic rings. The van der Waals surface area contributed by atoms with Crippen molar-refractivity contribution in [1.82, 2.24) is 4.57 Å². The lowest BCUT2D eigenvalue weighted by Crippen LogP contribution is -2.24. The molecule has 0 saturated heterocycles. The first-order chi connectivity index (χ1) is 12.3. The molecule has 1 aromatic heterocycles. The third-order valence-electron chi connectivity index (χ3n) is 4.74. The van der Waals surface area contributed by atoms with Crippen molar-refractivity contribution in [3.63, 3.8) is 0 Å². The average molecular weight is 348 g/mol. The number of carbonyl (C=O) groups is 1. The molecule has 0 atom stereocenters. The molecule has 26 heavy (non-hydrogen) atoms. The number of nitrogens with one attached hydrogen (secondary N) is 1. The summed E-state index contributed by atoms with van der Waals surface area (Å²) in [5.41, 5.74) is 5.69. The van der Waals surface area contributed by atoms with Crippen LogP contribution in [0.5, 0.6) is 0 Å². The number of aromatic nitrogens is 1. The Balaban J connectivity index is 2.12. The zero-order valence-corrected chi connectivity index (χ0v) is 15.9. The van der Waals surface area contributed by atoms with Gasteiger partial charge in [-0.1, -0.05) is 29.3 Å². The van der Waals surface area contributed by atoms with Crippen LogP contribution in [0.15, 0.2) is 41.3 Å². The van der Waals surface area contributed by atoms with Crippen molar-refractivity contribution in [2.75, 3.05) is 5.32 Å². The molecule has 0 bridgehead atoms. The van der Waals surface area contributed by atoms with E-state index in [0.29, 0.717) is 11.9 Å². The fourth-order valence-corrected chi connectivity index (χ4v) is 3.49. The van der Waals surface area contributed by atoms with Gasteiger partial charge < -0.3 is 9.88 Å². The Morgan fingerprint density at radius 3 is 2.27 bits per heavy atom. The fourth-order valence-electron chi connectivity index (χ4n) is 3.49. The van der Waals surface area contributed by atoms with Gasteiger partial charge in [-0.3, -0.25) is 9.59 Å². The van der Waals surface area contributed by atoms with E-state index >= 15 is 0 Å². The van der Waals surface area contributed by atoms with E-state index in [-0.39, 0.29) is 16.9 Å². The van der Waals surface area contributed by atoms with E-state index in [9.17, 15) is 9.59 Å². The molecular formula is C22H24N2O2. The molecule has 134 valence electrons. The Morgan fingerprint density at radius 2 is 1.65 bits per heavy atom. The highest BCUT2D eigenvalue weighted by molar-refractivity contribution is 6.06. The van der Waals surface area contributed by atoms with Crippen LogP contribution < -0.4 is 10.7 Å². The molecular weight excluding hydrogens is 324 g/mol. The zero-order valence-electron chi connectivity index (χ0n) is 15.9. The van der Waals surface area contributed by atoms with Gasteiger partial charge in [-0.25, -0.2) is 0 Å². The summed E-state index contributed by atoms with van der Waals surface area (Å²) in [7, 11) is 0. The molecule has 0 aliphatic rings. The number of fused-ring (bicyclic) bond motifs is 1. The molecule has 0 aliphatic carbocycles. The first-order valence-electron chi connectivity index (χ1n) is 8.84. The summed E-state index contributed by atoms with van der Waals surface area (Å²) in [6.45, 7) is 10.6. The lowest BCUT2D eigenvalue weighted by Gasteiger charge is -2.15. The number of benzene rings is 2. The second kappa shape index (κ2) is 6.79. The molecule has 0 fully saturated rings.